The number of hydrogen-bond donors (Lipinski definition) is 1. The van der Waals surface area contributed by atoms with Crippen LogP contribution in [0.1, 0.15) is 49.8 Å². The summed E-state index contributed by atoms with van der Waals surface area (Å²) >= 11 is 2.65. The number of ether oxygens (including phenoxy) is 2. The molecule has 3 aromatic rings. The predicted octanol–water partition coefficient (Wildman–Crippen LogP) is 4.98. The van der Waals surface area contributed by atoms with Gasteiger partial charge >= 0.3 is 12.1 Å². The molecule has 1 N–H and O–H groups in total. The second-order valence-corrected chi connectivity index (χ2v) is 13.2. The van der Waals surface area contributed by atoms with Gasteiger partial charge in [0.15, 0.2) is 11.2 Å². The van der Waals surface area contributed by atoms with Crippen molar-refractivity contribution < 1.29 is 28.7 Å². The second kappa shape index (κ2) is 12.2. The third-order valence-corrected chi connectivity index (χ3v) is 9.23. The number of thioether (sulfide) groups is 1. The van der Waals surface area contributed by atoms with Crippen LogP contribution in [0.25, 0.3) is 5.57 Å². The zero-order chi connectivity index (χ0) is 30.9. The Hall–Kier alpha value is -4.16. The third-order valence-electron chi connectivity index (χ3n) is 6.81. The Morgan fingerprint density at radius 2 is 1.65 bits per heavy atom. The molecule has 3 amide bonds. The number of esters is 1. The lowest BCUT2D eigenvalue weighted by Gasteiger charge is -2.49. The summed E-state index contributed by atoms with van der Waals surface area (Å²) in [6.45, 7) is 6.65. The Morgan fingerprint density at radius 3 is 2.21 bits per heavy atom. The third kappa shape index (κ3) is 6.45. The number of benzene rings is 2. The molecule has 0 radical (unpaired) electrons. The molecule has 5 rings (SSSR count). The molecule has 224 valence electrons. The lowest BCUT2D eigenvalue weighted by atomic mass is 10.0. The van der Waals surface area contributed by atoms with Crippen LogP contribution in [0.15, 0.2) is 72.6 Å². The summed E-state index contributed by atoms with van der Waals surface area (Å²) in [5, 5.41) is 2.58. The topological polar surface area (TPSA) is 118 Å². The fourth-order valence-electron chi connectivity index (χ4n) is 4.67. The number of anilines is 1. The van der Waals surface area contributed by atoms with Crippen molar-refractivity contribution in [3.05, 3.63) is 88.6 Å². The number of fused-ring (bicyclic) bond motifs is 1. The normalized spacial score (nSPS) is 18.1. The van der Waals surface area contributed by atoms with E-state index in [2.05, 4.69) is 10.3 Å². The molecule has 0 bridgehead atoms. The molecule has 0 aliphatic carbocycles. The van der Waals surface area contributed by atoms with E-state index >= 15 is 0 Å². The molecule has 2 aliphatic rings. The summed E-state index contributed by atoms with van der Waals surface area (Å²) in [6, 6.07) is 17.9. The lowest BCUT2D eigenvalue weighted by molar-refractivity contribution is -0.153. The summed E-state index contributed by atoms with van der Waals surface area (Å²) < 4.78 is 11.6. The average Bonchev–Trinajstić information content (AvgIpc) is 3.47. The standard InChI is InChI=1S/C31H32N4O6S2/c1-18(36)34(5)29-32-16-22(43-29)21-17-42-27-23(33-30(39)41-31(2,3)4)26(37)35(27)24(21)28(38)40-25(19-12-8-6-9-13-19)20-14-10-7-11-15-20/h6-16,23,25,27H,17H2,1-5H3,(H,33,39). The summed E-state index contributed by atoms with van der Waals surface area (Å²) in [5.74, 6) is -0.973. The second-order valence-electron chi connectivity index (χ2n) is 11.1. The quantitative estimate of drug-likeness (QED) is 0.290. The van der Waals surface area contributed by atoms with E-state index in [9.17, 15) is 19.2 Å². The van der Waals surface area contributed by atoms with Gasteiger partial charge in [-0.1, -0.05) is 72.0 Å². The summed E-state index contributed by atoms with van der Waals surface area (Å²) in [7, 11) is 1.62. The molecule has 0 spiro atoms. The monoisotopic (exact) mass is 620 g/mol. The van der Waals surface area contributed by atoms with Crippen LogP contribution in [-0.2, 0) is 23.9 Å². The van der Waals surface area contributed by atoms with Gasteiger partial charge in [-0.05, 0) is 31.9 Å². The van der Waals surface area contributed by atoms with E-state index in [1.165, 1.54) is 39.8 Å². The van der Waals surface area contributed by atoms with E-state index in [1.54, 1.807) is 34.0 Å². The highest BCUT2D eigenvalue weighted by atomic mass is 32.2. The first kappa shape index (κ1) is 30.3. The molecule has 1 fully saturated rings. The molecule has 1 saturated heterocycles. The lowest BCUT2D eigenvalue weighted by Crippen LogP contribution is -2.70. The molecule has 12 heteroatoms. The SMILES string of the molecule is CC(=O)N(C)c1ncc(C2=C(C(=O)OC(c3ccccc3)c3ccccc3)N3C(=O)C(NC(=O)OC(C)(C)C)C3SC2)s1. The number of aromatic nitrogens is 1. The van der Waals surface area contributed by atoms with Gasteiger partial charge in [-0.2, -0.15) is 0 Å². The number of rotatable bonds is 7. The van der Waals surface area contributed by atoms with E-state index in [4.69, 9.17) is 9.47 Å². The van der Waals surface area contributed by atoms with Crippen molar-refractivity contribution >= 4 is 57.7 Å². The molecule has 0 saturated carbocycles. The summed E-state index contributed by atoms with van der Waals surface area (Å²) in [6.07, 6.45) is 0.150. The van der Waals surface area contributed by atoms with Crippen molar-refractivity contribution in [2.24, 2.45) is 0 Å². The van der Waals surface area contributed by atoms with Crippen molar-refractivity contribution in [3.63, 3.8) is 0 Å². The van der Waals surface area contributed by atoms with Crippen molar-refractivity contribution in [2.45, 2.75) is 50.8 Å². The van der Waals surface area contributed by atoms with E-state index in [1.807, 2.05) is 60.7 Å². The molecule has 2 unspecified atom stereocenters. The Kier molecular flexibility index (Phi) is 8.61. The first-order valence-electron chi connectivity index (χ1n) is 13.6. The Balaban J connectivity index is 1.51. The van der Waals surface area contributed by atoms with Crippen LogP contribution in [0.2, 0.25) is 0 Å². The van der Waals surface area contributed by atoms with Crippen LogP contribution < -0.4 is 10.2 Å². The first-order chi connectivity index (χ1) is 20.4. The molecule has 1 aromatic heterocycles. The van der Waals surface area contributed by atoms with Crippen molar-refractivity contribution in [3.8, 4) is 0 Å². The van der Waals surface area contributed by atoms with Crippen molar-refractivity contribution in [1.82, 2.24) is 15.2 Å². The highest BCUT2D eigenvalue weighted by Crippen LogP contribution is 2.46. The zero-order valence-electron chi connectivity index (χ0n) is 24.4. The van der Waals surface area contributed by atoms with Gasteiger partial charge in [0, 0.05) is 31.5 Å². The predicted molar refractivity (Wildman–Crippen MR) is 165 cm³/mol. The number of β-lactam (4-membered cyclic amide) rings is 1. The minimum atomic E-state index is -0.871. The van der Waals surface area contributed by atoms with Gasteiger partial charge in [0.25, 0.3) is 5.91 Å². The van der Waals surface area contributed by atoms with Crippen molar-refractivity contribution in [2.75, 3.05) is 17.7 Å². The zero-order valence-corrected chi connectivity index (χ0v) is 26.0. The van der Waals surface area contributed by atoms with E-state index < -0.39 is 41.1 Å². The van der Waals surface area contributed by atoms with E-state index in [0.717, 1.165) is 11.1 Å². The van der Waals surface area contributed by atoms with Gasteiger partial charge in [0.1, 0.15) is 22.7 Å². The molecule has 10 nitrogen and oxygen atoms in total. The average molecular weight is 621 g/mol. The number of nitrogens with one attached hydrogen (secondary N) is 1. The maximum atomic E-state index is 14.2. The van der Waals surface area contributed by atoms with Gasteiger partial charge in [-0.25, -0.2) is 14.6 Å². The van der Waals surface area contributed by atoms with Gasteiger partial charge in [0.05, 0.1) is 4.88 Å². The Labute approximate surface area is 258 Å². The van der Waals surface area contributed by atoms with E-state index in [-0.39, 0.29) is 11.6 Å². The maximum absolute atomic E-state index is 14.2. The molecular formula is C31H32N4O6S2. The number of amides is 3. The number of carbonyl (C=O) groups is 4. The number of nitrogens with zero attached hydrogens (tertiary/aromatic N) is 3. The maximum Gasteiger partial charge on any atom is 0.408 e. The number of alkyl carbamates (subject to hydrolysis) is 1. The smallest absolute Gasteiger partial charge is 0.408 e. The minimum absolute atomic E-state index is 0.0912. The molecular weight excluding hydrogens is 588 g/mol. The minimum Gasteiger partial charge on any atom is -0.448 e. The highest BCUT2D eigenvalue weighted by Gasteiger charge is 2.55. The van der Waals surface area contributed by atoms with Gasteiger partial charge < -0.3 is 14.8 Å². The number of hydrogen-bond acceptors (Lipinski definition) is 9. The van der Waals surface area contributed by atoms with Crippen LogP contribution >= 0.6 is 23.1 Å². The van der Waals surface area contributed by atoms with Gasteiger partial charge in [-0.3, -0.25) is 19.4 Å². The largest absolute Gasteiger partial charge is 0.448 e. The van der Waals surface area contributed by atoms with Crippen LogP contribution in [0.4, 0.5) is 9.93 Å². The molecule has 2 aliphatic heterocycles. The highest BCUT2D eigenvalue weighted by molar-refractivity contribution is 8.00. The summed E-state index contributed by atoms with van der Waals surface area (Å²) in [5.41, 5.74) is 1.46. The van der Waals surface area contributed by atoms with Crippen LogP contribution in [0.3, 0.4) is 0 Å². The van der Waals surface area contributed by atoms with Crippen molar-refractivity contribution in [1.29, 1.82) is 0 Å². The van der Waals surface area contributed by atoms with Crippen LogP contribution in [0, 0.1) is 0 Å². The fourth-order valence-corrected chi connectivity index (χ4v) is 7.09. The summed E-state index contributed by atoms with van der Waals surface area (Å²) in [4.78, 5) is 60.0. The van der Waals surface area contributed by atoms with Gasteiger partial charge in [-0.15, -0.1) is 11.8 Å². The molecule has 43 heavy (non-hydrogen) atoms. The fraction of sp³-hybridized carbons (Fsp3) is 0.323. The first-order valence-corrected chi connectivity index (χ1v) is 15.5. The number of thiazole rings is 1. The Bertz CT molecular complexity index is 1530. The van der Waals surface area contributed by atoms with E-state index in [0.29, 0.717) is 21.3 Å². The van der Waals surface area contributed by atoms with Crippen LogP contribution in [0.5, 0.6) is 0 Å². The molecule has 2 atom stereocenters. The Morgan fingerprint density at radius 1 is 1.05 bits per heavy atom. The van der Waals surface area contributed by atoms with Gasteiger partial charge in [0.2, 0.25) is 5.91 Å². The van der Waals surface area contributed by atoms with Crippen LogP contribution in [-0.4, -0.2) is 63.6 Å². The molecule has 3 heterocycles. The number of carbonyl (C=O) groups excluding carboxylic acids is 4. The molecule has 2 aromatic carbocycles.